The van der Waals surface area contributed by atoms with E-state index in [0.717, 1.165) is 12.1 Å². The molecule has 3 aromatic rings. The molecule has 1 saturated carbocycles. The van der Waals surface area contributed by atoms with E-state index in [9.17, 15) is 4.79 Å². The van der Waals surface area contributed by atoms with E-state index >= 15 is 0 Å². The molecule has 6 heteroatoms. The van der Waals surface area contributed by atoms with Crippen LogP contribution in [-0.2, 0) is 13.1 Å². The Bertz CT molecular complexity index is 994. The van der Waals surface area contributed by atoms with Crippen molar-refractivity contribution in [2.75, 3.05) is 0 Å². The number of nitrogens with zero attached hydrogens (tertiary/aromatic N) is 1. The minimum Gasteiger partial charge on any atom is -0.355 e. The van der Waals surface area contributed by atoms with Crippen LogP contribution in [0, 0.1) is 4.77 Å². The summed E-state index contributed by atoms with van der Waals surface area (Å²) in [5, 5.41) is 3.68. The SMILES string of the molecule is O=c1[nH]c(=S)n(Cc2ccccc2CNC2CCCC2)c2cc[nH]c12. The van der Waals surface area contributed by atoms with Crippen molar-refractivity contribution in [1.82, 2.24) is 19.9 Å². The topological polar surface area (TPSA) is 65.6 Å². The highest BCUT2D eigenvalue weighted by atomic mass is 32.1. The van der Waals surface area contributed by atoms with Gasteiger partial charge in [0.05, 0.1) is 12.1 Å². The van der Waals surface area contributed by atoms with E-state index in [0.29, 0.717) is 22.9 Å². The summed E-state index contributed by atoms with van der Waals surface area (Å²) in [6, 6.07) is 11.0. The first-order chi connectivity index (χ1) is 12.2. The van der Waals surface area contributed by atoms with Crippen molar-refractivity contribution in [1.29, 1.82) is 0 Å². The van der Waals surface area contributed by atoms with Crippen LogP contribution in [0.3, 0.4) is 0 Å². The lowest BCUT2D eigenvalue weighted by Gasteiger charge is -2.16. The van der Waals surface area contributed by atoms with Crippen LogP contribution in [0.2, 0.25) is 0 Å². The molecule has 0 aliphatic heterocycles. The molecule has 2 aromatic heterocycles. The van der Waals surface area contributed by atoms with E-state index in [1.807, 2.05) is 10.6 Å². The molecule has 5 nitrogen and oxygen atoms in total. The van der Waals surface area contributed by atoms with Gasteiger partial charge in [-0.25, -0.2) is 0 Å². The molecule has 0 saturated heterocycles. The molecule has 1 fully saturated rings. The van der Waals surface area contributed by atoms with Gasteiger partial charge >= 0.3 is 0 Å². The Morgan fingerprint density at radius 2 is 1.92 bits per heavy atom. The summed E-state index contributed by atoms with van der Waals surface area (Å²) in [6.07, 6.45) is 6.99. The number of H-pyrrole nitrogens is 2. The molecule has 0 bridgehead atoms. The van der Waals surface area contributed by atoms with E-state index in [1.54, 1.807) is 6.20 Å². The maximum absolute atomic E-state index is 12.0. The maximum atomic E-state index is 12.0. The van der Waals surface area contributed by atoms with Crippen LogP contribution in [-0.4, -0.2) is 20.6 Å². The highest BCUT2D eigenvalue weighted by Crippen LogP contribution is 2.19. The van der Waals surface area contributed by atoms with Crippen LogP contribution in [0.25, 0.3) is 11.0 Å². The fourth-order valence-corrected chi connectivity index (χ4v) is 3.96. The monoisotopic (exact) mass is 354 g/mol. The smallest absolute Gasteiger partial charge is 0.276 e. The summed E-state index contributed by atoms with van der Waals surface area (Å²) in [6.45, 7) is 1.51. The predicted octanol–water partition coefficient (Wildman–Crippen LogP) is 3.47. The van der Waals surface area contributed by atoms with Crippen LogP contribution >= 0.6 is 12.2 Å². The molecule has 1 aliphatic carbocycles. The number of rotatable bonds is 5. The second kappa shape index (κ2) is 6.98. The molecular weight excluding hydrogens is 332 g/mol. The van der Waals surface area contributed by atoms with Crippen LogP contribution in [0.1, 0.15) is 36.8 Å². The number of nitrogens with one attached hydrogen (secondary N) is 3. The van der Waals surface area contributed by atoms with Gasteiger partial charge < -0.3 is 14.9 Å². The van der Waals surface area contributed by atoms with Crippen molar-refractivity contribution in [2.45, 2.75) is 44.8 Å². The van der Waals surface area contributed by atoms with Gasteiger partial charge in [0.15, 0.2) is 4.77 Å². The second-order valence-electron chi connectivity index (χ2n) is 6.71. The van der Waals surface area contributed by atoms with Crippen molar-refractivity contribution in [3.05, 3.63) is 62.8 Å². The van der Waals surface area contributed by atoms with E-state index in [2.05, 4.69) is 39.6 Å². The normalized spacial score (nSPS) is 15.2. The average Bonchev–Trinajstić information content (AvgIpc) is 3.29. The lowest BCUT2D eigenvalue weighted by molar-refractivity contribution is 0.522. The Labute approximate surface area is 151 Å². The Balaban J connectivity index is 1.64. The molecule has 1 aromatic carbocycles. The van der Waals surface area contributed by atoms with Gasteiger partial charge in [-0.3, -0.25) is 9.78 Å². The lowest BCUT2D eigenvalue weighted by Crippen LogP contribution is -2.26. The average molecular weight is 354 g/mol. The largest absolute Gasteiger partial charge is 0.355 e. The Morgan fingerprint density at radius 3 is 2.72 bits per heavy atom. The zero-order valence-corrected chi connectivity index (χ0v) is 14.9. The quantitative estimate of drug-likeness (QED) is 0.615. The van der Waals surface area contributed by atoms with Crippen LogP contribution in [0.15, 0.2) is 41.3 Å². The Morgan fingerprint density at radius 1 is 1.16 bits per heavy atom. The van der Waals surface area contributed by atoms with Gasteiger partial charge in [-0.2, -0.15) is 0 Å². The fraction of sp³-hybridized carbons (Fsp3) is 0.368. The molecule has 0 radical (unpaired) electrons. The summed E-state index contributed by atoms with van der Waals surface area (Å²) in [7, 11) is 0. The van der Waals surface area contributed by atoms with Crippen molar-refractivity contribution < 1.29 is 0 Å². The highest BCUT2D eigenvalue weighted by molar-refractivity contribution is 7.71. The molecule has 0 amide bonds. The first-order valence-corrected chi connectivity index (χ1v) is 9.23. The predicted molar refractivity (Wildman–Crippen MR) is 102 cm³/mol. The van der Waals surface area contributed by atoms with Gasteiger partial charge in [0.25, 0.3) is 5.56 Å². The zero-order valence-electron chi connectivity index (χ0n) is 14.0. The molecule has 130 valence electrons. The van der Waals surface area contributed by atoms with Crippen LogP contribution in [0.5, 0.6) is 0 Å². The number of hydrogen-bond donors (Lipinski definition) is 3. The molecule has 0 unspecified atom stereocenters. The van der Waals surface area contributed by atoms with Gasteiger partial charge in [0.2, 0.25) is 0 Å². The third kappa shape index (κ3) is 3.32. The number of aromatic amines is 2. The van der Waals surface area contributed by atoms with Crippen molar-refractivity contribution in [3.63, 3.8) is 0 Å². The van der Waals surface area contributed by atoms with Gasteiger partial charge in [-0.05, 0) is 42.3 Å². The molecule has 4 rings (SSSR count). The standard InChI is InChI=1S/C19H22N4OS/c24-18-17-16(9-10-20-17)23(19(25)22-18)12-14-6-2-1-5-13(14)11-21-15-7-3-4-8-15/h1-2,5-6,9-10,15,20-21H,3-4,7-8,11-12H2,(H,22,24,25). The van der Waals surface area contributed by atoms with Crippen LogP contribution in [0.4, 0.5) is 0 Å². The van der Waals surface area contributed by atoms with Crippen molar-refractivity contribution in [2.24, 2.45) is 0 Å². The summed E-state index contributed by atoms with van der Waals surface area (Å²) in [5.74, 6) is 0. The van der Waals surface area contributed by atoms with E-state index in [1.165, 1.54) is 36.8 Å². The molecule has 3 N–H and O–H groups in total. The minimum absolute atomic E-state index is 0.169. The molecule has 1 aliphatic rings. The maximum Gasteiger partial charge on any atom is 0.276 e. The fourth-order valence-electron chi connectivity index (χ4n) is 3.70. The third-order valence-electron chi connectivity index (χ3n) is 5.09. The van der Waals surface area contributed by atoms with E-state index < -0.39 is 0 Å². The Kier molecular flexibility index (Phi) is 4.55. The van der Waals surface area contributed by atoms with E-state index in [4.69, 9.17) is 12.2 Å². The highest BCUT2D eigenvalue weighted by Gasteiger charge is 2.15. The first-order valence-electron chi connectivity index (χ1n) is 8.83. The summed E-state index contributed by atoms with van der Waals surface area (Å²) < 4.78 is 2.44. The summed E-state index contributed by atoms with van der Waals surface area (Å²) in [4.78, 5) is 17.8. The lowest BCUT2D eigenvalue weighted by atomic mass is 10.1. The molecule has 0 atom stereocenters. The van der Waals surface area contributed by atoms with Crippen LogP contribution < -0.4 is 10.9 Å². The molecule has 25 heavy (non-hydrogen) atoms. The van der Waals surface area contributed by atoms with Crippen molar-refractivity contribution in [3.8, 4) is 0 Å². The number of hydrogen-bond acceptors (Lipinski definition) is 3. The van der Waals surface area contributed by atoms with Crippen molar-refractivity contribution >= 4 is 23.3 Å². The molecule has 0 spiro atoms. The van der Waals surface area contributed by atoms with Gasteiger partial charge in [0.1, 0.15) is 5.52 Å². The van der Waals surface area contributed by atoms with Gasteiger partial charge in [-0.1, -0.05) is 37.1 Å². The molecular formula is C19H22N4OS. The molecule has 2 heterocycles. The first kappa shape index (κ1) is 16.3. The van der Waals surface area contributed by atoms with E-state index in [-0.39, 0.29) is 5.56 Å². The van der Waals surface area contributed by atoms with Gasteiger partial charge in [0, 0.05) is 18.8 Å². The van der Waals surface area contributed by atoms with Gasteiger partial charge in [-0.15, -0.1) is 0 Å². The minimum atomic E-state index is -0.169. The summed E-state index contributed by atoms with van der Waals surface area (Å²) in [5.41, 5.74) is 3.74. The third-order valence-corrected chi connectivity index (χ3v) is 5.41. The number of aromatic nitrogens is 3. The number of benzene rings is 1. The summed E-state index contributed by atoms with van der Waals surface area (Å²) >= 11 is 5.41. The Hall–Kier alpha value is -2.18. The second-order valence-corrected chi connectivity index (χ2v) is 7.10. The number of fused-ring (bicyclic) bond motifs is 1. The zero-order chi connectivity index (χ0) is 17.2.